The normalized spacial score (nSPS) is 18.6. The van der Waals surface area contributed by atoms with Crippen LogP contribution >= 0.6 is 0 Å². The fraction of sp³-hybridized carbons (Fsp3) is 0.381. The van der Waals surface area contributed by atoms with E-state index >= 15 is 0 Å². The highest BCUT2D eigenvalue weighted by Crippen LogP contribution is 2.22. The molecule has 3 rings (SSSR count). The molecule has 1 heterocycles. The van der Waals surface area contributed by atoms with E-state index in [1.165, 1.54) is 5.56 Å². The van der Waals surface area contributed by atoms with Gasteiger partial charge in [-0.15, -0.1) is 0 Å². The van der Waals surface area contributed by atoms with Gasteiger partial charge >= 0.3 is 0 Å². The molecule has 132 valence electrons. The number of nitrogens with zero attached hydrogens (tertiary/aromatic N) is 1. The van der Waals surface area contributed by atoms with Gasteiger partial charge in [0.2, 0.25) is 0 Å². The van der Waals surface area contributed by atoms with Crippen LogP contribution in [0.3, 0.4) is 0 Å². The molecule has 1 fully saturated rings. The number of aliphatic hydroxyl groups excluding tert-OH is 1. The van der Waals surface area contributed by atoms with Crippen LogP contribution < -0.4 is 5.32 Å². The number of hydrogen-bond acceptors (Lipinski definition) is 3. The van der Waals surface area contributed by atoms with Crippen LogP contribution in [0, 0.1) is 5.92 Å². The molecule has 2 atom stereocenters. The molecule has 0 radical (unpaired) electrons. The number of piperidine rings is 1. The molecule has 0 spiro atoms. The third kappa shape index (κ3) is 4.40. The SMILES string of the molecule is CC(Nc1cccc(C(=O)N2CCCC(CO)C2)c1)c1ccccc1. The second-order valence-corrected chi connectivity index (χ2v) is 6.80. The first-order valence-corrected chi connectivity index (χ1v) is 8.99. The summed E-state index contributed by atoms with van der Waals surface area (Å²) in [6, 6.07) is 18.1. The van der Waals surface area contributed by atoms with Crippen molar-refractivity contribution in [3.8, 4) is 0 Å². The highest BCUT2D eigenvalue weighted by atomic mass is 16.3. The lowest BCUT2D eigenvalue weighted by Crippen LogP contribution is -2.40. The van der Waals surface area contributed by atoms with Gasteiger partial charge in [0.15, 0.2) is 0 Å². The number of likely N-dealkylation sites (tertiary alicyclic amines) is 1. The van der Waals surface area contributed by atoms with Gasteiger partial charge in [0, 0.05) is 37.0 Å². The van der Waals surface area contributed by atoms with Crippen molar-refractivity contribution in [1.82, 2.24) is 4.90 Å². The van der Waals surface area contributed by atoms with Gasteiger partial charge in [-0.3, -0.25) is 4.79 Å². The zero-order valence-corrected chi connectivity index (χ0v) is 14.7. The number of anilines is 1. The van der Waals surface area contributed by atoms with Gasteiger partial charge in [0.05, 0.1) is 0 Å². The minimum Gasteiger partial charge on any atom is -0.396 e. The Hall–Kier alpha value is -2.33. The number of amides is 1. The Balaban J connectivity index is 1.69. The molecule has 1 aliphatic rings. The summed E-state index contributed by atoms with van der Waals surface area (Å²) >= 11 is 0. The molecule has 2 N–H and O–H groups in total. The fourth-order valence-electron chi connectivity index (χ4n) is 3.40. The third-order valence-electron chi connectivity index (χ3n) is 4.86. The smallest absolute Gasteiger partial charge is 0.253 e. The lowest BCUT2D eigenvalue weighted by molar-refractivity contribution is 0.0621. The molecule has 0 saturated carbocycles. The highest BCUT2D eigenvalue weighted by Gasteiger charge is 2.24. The van der Waals surface area contributed by atoms with Gasteiger partial charge in [-0.2, -0.15) is 0 Å². The summed E-state index contributed by atoms with van der Waals surface area (Å²) in [5, 5.41) is 12.8. The summed E-state index contributed by atoms with van der Waals surface area (Å²) in [6.07, 6.45) is 1.95. The zero-order valence-electron chi connectivity index (χ0n) is 14.7. The predicted octanol–water partition coefficient (Wildman–Crippen LogP) is 3.70. The lowest BCUT2D eigenvalue weighted by Gasteiger charge is -2.32. The summed E-state index contributed by atoms with van der Waals surface area (Å²) in [6.45, 7) is 3.68. The number of benzene rings is 2. The monoisotopic (exact) mass is 338 g/mol. The molecule has 1 amide bonds. The Bertz CT molecular complexity index is 702. The van der Waals surface area contributed by atoms with Gasteiger partial charge in [0.1, 0.15) is 0 Å². The topological polar surface area (TPSA) is 52.6 Å². The predicted molar refractivity (Wildman–Crippen MR) is 101 cm³/mol. The highest BCUT2D eigenvalue weighted by molar-refractivity contribution is 5.95. The maximum Gasteiger partial charge on any atom is 0.253 e. The molecule has 4 nitrogen and oxygen atoms in total. The van der Waals surface area contributed by atoms with Crippen molar-refractivity contribution in [2.45, 2.75) is 25.8 Å². The van der Waals surface area contributed by atoms with Crippen LogP contribution in [0.1, 0.15) is 41.7 Å². The van der Waals surface area contributed by atoms with Crippen molar-refractivity contribution >= 4 is 11.6 Å². The van der Waals surface area contributed by atoms with Crippen molar-refractivity contribution in [2.75, 3.05) is 25.0 Å². The first-order chi connectivity index (χ1) is 12.2. The number of hydrogen-bond donors (Lipinski definition) is 2. The molecule has 1 aliphatic heterocycles. The van der Waals surface area contributed by atoms with Gasteiger partial charge < -0.3 is 15.3 Å². The van der Waals surface area contributed by atoms with Crippen LogP contribution in [0.2, 0.25) is 0 Å². The maximum atomic E-state index is 12.8. The second kappa shape index (κ2) is 8.17. The van der Waals surface area contributed by atoms with E-state index < -0.39 is 0 Å². The fourth-order valence-corrected chi connectivity index (χ4v) is 3.40. The van der Waals surface area contributed by atoms with Crippen molar-refractivity contribution in [1.29, 1.82) is 0 Å². The molecule has 0 aliphatic carbocycles. The van der Waals surface area contributed by atoms with E-state index in [2.05, 4.69) is 24.4 Å². The largest absolute Gasteiger partial charge is 0.396 e. The first-order valence-electron chi connectivity index (χ1n) is 8.99. The number of rotatable bonds is 5. The molecular formula is C21H26N2O2. The van der Waals surface area contributed by atoms with Gasteiger partial charge in [-0.1, -0.05) is 36.4 Å². The van der Waals surface area contributed by atoms with E-state index in [9.17, 15) is 9.90 Å². The van der Waals surface area contributed by atoms with E-state index in [-0.39, 0.29) is 24.5 Å². The quantitative estimate of drug-likeness (QED) is 0.874. The number of carbonyl (C=O) groups is 1. The average molecular weight is 338 g/mol. The Morgan fingerprint density at radius 3 is 2.80 bits per heavy atom. The van der Waals surface area contributed by atoms with Crippen molar-refractivity contribution in [2.24, 2.45) is 5.92 Å². The van der Waals surface area contributed by atoms with E-state index in [4.69, 9.17) is 0 Å². The molecule has 4 heteroatoms. The van der Waals surface area contributed by atoms with Crippen LogP contribution in [-0.2, 0) is 0 Å². The molecule has 2 unspecified atom stereocenters. The van der Waals surface area contributed by atoms with E-state index in [1.54, 1.807) is 0 Å². The molecule has 25 heavy (non-hydrogen) atoms. The van der Waals surface area contributed by atoms with Gasteiger partial charge in [-0.05, 0) is 49.4 Å². The van der Waals surface area contributed by atoms with Crippen molar-refractivity contribution in [3.05, 3.63) is 65.7 Å². The lowest BCUT2D eigenvalue weighted by atomic mass is 9.98. The average Bonchev–Trinajstić information content (AvgIpc) is 2.68. The molecule has 2 aromatic carbocycles. The summed E-state index contributed by atoms with van der Waals surface area (Å²) in [7, 11) is 0. The van der Waals surface area contributed by atoms with Gasteiger partial charge in [-0.25, -0.2) is 0 Å². The summed E-state index contributed by atoms with van der Waals surface area (Å²) in [5.41, 5.74) is 2.85. The minimum atomic E-state index is 0.0502. The summed E-state index contributed by atoms with van der Waals surface area (Å²) in [5.74, 6) is 0.256. The van der Waals surface area contributed by atoms with Crippen LogP contribution in [-0.4, -0.2) is 35.6 Å². The standard InChI is InChI=1S/C21H26N2O2/c1-16(18-8-3-2-4-9-18)22-20-11-5-10-19(13-20)21(25)23-12-6-7-17(14-23)15-24/h2-5,8-11,13,16-17,22,24H,6-7,12,14-15H2,1H3. The Kier molecular flexibility index (Phi) is 5.71. The van der Waals surface area contributed by atoms with Crippen molar-refractivity contribution < 1.29 is 9.90 Å². The van der Waals surface area contributed by atoms with Gasteiger partial charge in [0.25, 0.3) is 5.91 Å². The molecule has 1 saturated heterocycles. The second-order valence-electron chi connectivity index (χ2n) is 6.80. The summed E-state index contributed by atoms with van der Waals surface area (Å²) in [4.78, 5) is 14.7. The van der Waals surface area contributed by atoms with Crippen LogP contribution in [0.25, 0.3) is 0 Å². The van der Waals surface area contributed by atoms with Crippen LogP contribution in [0.15, 0.2) is 54.6 Å². The minimum absolute atomic E-state index is 0.0502. The van der Waals surface area contributed by atoms with Crippen LogP contribution in [0.4, 0.5) is 5.69 Å². The Morgan fingerprint density at radius 2 is 2.04 bits per heavy atom. The van der Waals surface area contributed by atoms with Crippen molar-refractivity contribution in [3.63, 3.8) is 0 Å². The number of aliphatic hydroxyl groups is 1. The Labute approximate surface area is 149 Å². The molecule has 2 aromatic rings. The first kappa shape index (κ1) is 17.5. The zero-order chi connectivity index (χ0) is 17.6. The maximum absolute atomic E-state index is 12.8. The van der Waals surface area contributed by atoms with E-state index in [0.29, 0.717) is 12.1 Å². The number of carbonyl (C=O) groups excluding carboxylic acids is 1. The van der Waals surface area contributed by atoms with Crippen LogP contribution in [0.5, 0.6) is 0 Å². The number of nitrogens with one attached hydrogen (secondary N) is 1. The molecule has 0 aromatic heterocycles. The molecule has 0 bridgehead atoms. The third-order valence-corrected chi connectivity index (χ3v) is 4.86. The van der Waals surface area contributed by atoms with E-state index in [0.717, 1.165) is 25.1 Å². The Morgan fingerprint density at radius 1 is 1.24 bits per heavy atom. The molecular weight excluding hydrogens is 312 g/mol. The van der Waals surface area contributed by atoms with E-state index in [1.807, 2.05) is 47.4 Å². The summed E-state index contributed by atoms with van der Waals surface area (Å²) < 4.78 is 0.